The summed E-state index contributed by atoms with van der Waals surface area (Å²) in [7, 11) is 1.95. The van der Waals surface area contributed by atoms with E-state index < -0.39 is 0 Å². The fraction of sp³-hybridized carbons (Fsp3) is 0.125. The van der Waals surface area contributed by atoms with E-state index in [1.54, 1.807) is 18.3 Å². The smallest absolute Gasteiger partial charge is 0.270 e. The maximum atomic E-state index is 11.9. The standard InChI is InChI=1S/C16H17N3O/c1-3-10-18-16(20)15-12-14(9-11-17-15)19(2)13-7-5-4-6-8-13/h3-9,11-12H,1,10H2,2H3,(H,18,20). The minimum absolute atomic E-state index is 0.201. The molecule has 1 aromatic carbocycles. The minimum atomic E-state index is -0.201. The van der Waals surface area contributed by atoms with Crippen LogP contribution in [0.2, 0.25) is 0 Å². The molecule has 2 aromatic rings. The number of hydrogen-bond acceptors (Lipinski definition) is 3. The number of benzene rings is 1. The van der Waals surface area contributed by atoms with Gasteiger partial charge in [-0.2, -0.15) is 0 Å². The molecule has 0 spiro atoms. The summed E-state index contributed by atoms with van der Waals surface area (Å²) in [6.45, 7) is 4.00. The van der Waals surface area contributed by atoms with Crippen LogP contribution in [0.5, 0.6) is 0 Å². The van der Waals surface area contributed by atoms with E-state index in [4.69, 9.17) is 0 Å². The van der Waals surface area contributed by atoms with Crippen LogP contribution in [-0.2, 0) is 0 Å². The van der Waals surface area contributed by atoms with Gasteiger partial charge >= 0.3 is 0 Å². The predicted molar refractivity (Wildman–Crippen MR) is 81.3 cm³/mol. The number of carbonyl (C=O) groups is 1. The summed E-state index contributed by atoms with van der Waals surface area (Å²) in [6, 6.07) is 13.6. The Morgan fingerprint density at radius 2 is 2.05 bits per heavy atom. The van der Waals surface area contributed by atoms with Crippen molar-refractivity contribution in [3.63, 3.8) is 0 Å². The summed E-state index contributed by atoms with van der Waals surface area (Å²) in [5.74, 6) is -0.201. The second-order valence-electron chi connectivity index (χ2n) is 4.29. The number of pyridine rings is 1. The van der Waals surface area contributed by atoms with E-state index in [2.05, 4.69) is 16.9 Å². The first-order chi connectivity index (χ1) is 9.72. The first kappa shape index (κ1) is 13.8. The molecule has 1 N–H and O–H groups in total. The number of para-hydroxylation sites is 1. The molecule has 1 aromatic heterocycles. The molecule has 0 atom stereocenters. The van der Waals surface area contributed by atoms with Gasteiger partial charge in [0.25, 0.3) is 5.91 Å². The Bertz CT molecular complexity index is 596. The highest BCUT2D eigenvalue weighted by molar-refractivity contribution is 5.93. The van der Waals surface area contributed by atoms with E-state index in [-0.39, 0.29) is 5.91 Å². The zero-order valence-corrected chi connectivity index (χ0v) is 11.4. The van der Waals surface area contributed by atoms with Crippen molar-refractivity contribution in [1.29, 1.82) is 0 Å². The molecule has 4 nitrogen and oxygen atoms in total. The normalized spacial score (nSPS) is 9.85. The Balaban J connectivity index is 2.21. The summed E-state index contributed by atoms with van der Waals surface area (Å²) in [4.78, 5) is 18.0. The van der Waals surface area contributed by atoms with Crippen LogP contribution in [0.15, 0.2) is 61.3 Å². The SMILES string of the molecule is C=CCNC(=O)c1cc(N(C)c2ccccc2)ccn1. The van der Waals surface area contributed by atoms with E-state index >= 15 is 0 Å². The lowest BCUT2D eigenvalue weighted by atomic mass is 10.2. The third kappa shape index (κ3) is 3.23. The van der Waals surface area contributed by atoms with Crippen molar-refractivity contribution in [2.75, 3.05) is 18.5 Å². The van der Waals surface area contributed by atoms with Gasteiger partial charge in [0.1, 0.15) is 5.69 Å². The highest BCUT2D eigenvalue weighted by Crippen LogP contribution is 2.22. The predicted octanol–water partition coefficient (Wildman–Crippen LogP) is 2.77. The van der Waals surface area contributed by atoms with E-state index in [0.29, 0.717) is 12.2 Å². The van der Waals surface area contributed by atoms with Gasteiger partial charge in [-0.3, -0.25) is 9.78 Å². The third-order valence-corrected chi connectivity index (χ3v) is 2.91. The summed E-state index contributed by atoms with van der Waals surface area (Å²) < 4.78 is 0. The van der Waals surface area contributed by atoms with Crippen LogP contribution in [0.25, 0.3) is 0 Å². The first-order valence-electron chi connectivity index (χ1n) is 6.36. The van der Waals surface area contributed by atoms with Crippen molar-refractivity contribution in [2.45, 2.75) is 0 Å². The van der Waals surface area contributed by atoms with Crippen molar-refractivity contribution in [3.8, 4) is 0 Å². The Labute approximate surface area is 118 Å². The van der Waals surface area contributed by atoms with Gasteiger partial charge in [0.2, 0.25) is 0 Å². The van der Waals surface area contributed by atoms with Gasteiger partial charge in [-0.1, -0.05) is 24.3 Å². The number of carbonyl (C=O) groups excluding carboxylic acids is 1. The van der Waals surface area contributed by atoms with Crippen LogP contribution < -0.4 is 10.2 Å². The first-order valence-corrected chi connectivity index (χ1v) is 6.36. The molecule has 0 saturated heterocycles. The summed E-state index contributed by atoms with van der Waals surface area (Å²) >= 11 is 0. The van der Waals surface area contributed by atoms with Gasteiger partial charge in [-0.25, -0.2) is 0 Å². The largest absolute Gasteiger partial charge is 0.347 e. The van der Waals surface area contributed by atoms with Crippen LogP contribution in [0.1, 0.15) is 10.5 Å². The Kier molecular flexibility index (Phi) is 4.50. The Morgan fingerprint density at radius 1 is 1.30 bits per heavy atom. The molecule has 1 heterocycles. The van der Waals surface area contributed by atoms with Crippen LogP contribution in [0.3, 0.4) is 0 Å². The van der Waals surface area contributed by atoms with Crippen molar-refractivity contribution in [3.05, 3.63) is 67.0 Å². The molecule has 20 heavy (non-hydrogen) atoms. The van der Waals surface area contributed by atoms with Crippen molar-refractivity contribution < 1.29 is 4.79 Å². The molecule has 0 fully saturated rings. The van der Waals surface area contributed by atoms with E-state index in [1.807, 2.05) is 48.3 Å². The van der Waals surface area contributed by atoms with Gasteiger partial charge in [0.15, 0.2) is 0 Å². The lowest BCUT2D eigenvalue weighted by Crippen LogP contribution is -2.24. The molecule has 0 aliphatic rings. The highest BCUT2D eigenvalue weighted by atomic mass is 16.1. The second-order valence-corrected chi connectivity index (χ2v) is 4.29. The monoisotopic (exact) mass is 267 g/mol. The number of rotatable bonds is 5. The van der Waals surface area contributed by atoms with Crippen LogP contribution in [0, 0.1) is 0 Å². The van der Waals surface area contributed by atoms with Crippen LogP contribution in [-0.4, -0.2) is 24.5 Å². The summed E-state index contributed by atoms with van der Waals surface area (Å²) in [6.07, 6.45) is 3.27. The molecule has 0 unspecified atom stereocenters. The van der Waals surface area contributed by atoms with Gasteiger partial charge in [-0.05, 0) is 24.3 Å². The topological polar surface area (TPSA) is 45.2 Å². The molecule has 0 saturated carbocycles. The maximum absolute atomic E-state index is 11.9. The molecule has 0 aliphatic carbocycles. The number of amides is 1. The molecule has 0 aliphatic heterocycles. The third-order valence-electron chi connectivity index (χ3n) is 2.91. The fourth-order valence-electron chi connectivity index (χ4n) is 1.81. The molecule has 1 amide bonds. The molecule has 0 bridgehead atoms. The van der Waals surface area contributed by atoms with E-state index in [0.717, 1.165) is 11.4 Å². The van der Waals surface area contributed by atoms with Crippen molar-refractivity contribution in [1.82, 2.24) is 10.3 Å². The van der Waals surface area contributed by atoms with Crippen LogP contribution >= 0.6 is 0 Å². The van der Waals surface area contributed by atoms with Gasteiger partial charge in [0.05, 0.1) is 0 Å². The number of aromatic nitrogens is 1. The average Bonchev–Trinajstić information content (AvgIpc) is 2.52. The lowest BCUT2D eigenvalue weighted by molar-refractivity contribution is 0.0953. The van der Waals surface area contributed by atoms with Gasteiger partial charge < -0.3 is 10.2 Å². The van der Waals surface area contributed by atoms with Crippen LogP contribution in [0.4, 0.5) is 11.4 Å². The second kappa shape index (κ2) is 6.52. The molecule has 2 rings (SSSR count). The minimum Gasteiger partial charge on any atom is -0.347 e. The zero-order chi connectivity index (χ0) is 14.4. The molecule has 0 radical (unpaired) electrons. The highest BCUT2D eigenvalue weighted by Gasteiger charge is 2.09. The zero-order valence-electron chi connectivity index (χ0n) is 11.4. The molecule has 4 heteroatoms. The average molecular weight is 267 g/mol. The van der Waals surface area contributed by atoms with Gasteiger partial charge in [-0.15, -0.1) is 6.58 Å². The quantitative estimate of drug-likeness (QED) is 0.847. The summed E-state index contributed by atoms with van der Waals surface area (Å²) in [5.41, 5.74) is 2.36. The van der Waals surface area contributed by atoms with E-state index in [9.17, 15) is 4.79 Å². The van der Waals surface area contributed by atoms with Crippen molar-refractivity contribution in [2.24, 2.45) is 0 Å². The molecular weight excluding hydrogens is 250 g/mol. The Hall–Kier alpha value is -2.62. The number of nitrogens with zero attached hydrogens (tertiary/aromatic N) is 2. The lowest BCUT2D eigenvalue weighted by Gasteiger charge is -2.19. The van der Waals surface area contributed by atoms with Gasteiger partial charge in [0, 0.05) is 31.2 Å². The molecule has 102 valence electrons. The number of anilines is 2. The molecular formula is C16H17N3O. The van der Waals surface area contributed by atoms with Crippen molar-refractivity contribution >= 4 is 17.3 Å². The Morgan fingerprint density at radius 3 is 2.75 bits per heavy atom. The van der Waals surface area contributed by atoms with E-state index in [1.165, 1.54) is 0 Å². The fourth-order valence-corrected chi connectivity index (χ4v) is 1.81. The maximum Gasteiger partial charge on any atom is 0.270 e. The number of hydrogen-bond donors (Lipinski definition) is 1. The number of nitrogens with one attached hydrogen (secondary N) is 1. The summed E-state index contributed by atoms with van der Waals surface area (Å²) in [5, 5.41) is 2.72.